The van der Waals surface area contributed by atoms with Gasteiger partial charge in [0.2, 0.25) is 0 Å². The van der Waals surface area contributed by atoms with Crippen LogP contribution in [0.5, 0.6) is 0 Å². The largest absolute Gasteiger partial charge is 0.343 e. The molecule has 0 aliphatic heterocycles. The van der Waals surface area contributed by atoms with Crippen LogP contribution in [0.3, 0.4) is 0 Å². The van der Waals surface area contributed by atoms with Crippen molar-refractivity contribution in [3.63, 3.8) is 0 Å². The smallest absolute Gasteiger partial charge is 0.252 e. The Balaban J connectivity index is 1.96. The third kappa shape index (κ3) is 3.19. The summed E-state index contributed by atoms with van der Waals surface area (Å²) < 4.78 is 93.4. The van der Waals surface area contributed by atoms with E-state index < -0.39 is 60.9 Å². The number of nitriles is 1. The Morgan fingerprint density at radius 1 is 1.52 bits per heavy atom. The third-order valence-corrected chi connectivity index (χ3v) is 4.73. The lowest BCUT2D eigenvalue weighted by molar-refractivity contribution is 0.0911. The van der Waals surface area contributed by atoms with Crippen molar-refractivity contribution in [3.8, 4) is 6.07 Å². The van der Waals surface area contributed by atoms with Crippen LogP contribution in [-0.2, 0) is 5.54 Å². The highest BCUT2D eigenvalue weighted by molar-refractivity contribution is 7.08. The van der Waals surface area contributed by atoms with Gasteiger partial charge >= 0.3 is 0 Å². The van der Waals surface area contributed by atoms with Gasteiger partial charge in [-0.25, -0.2) is 4.68 Å². The molecule has 25 heavy (non-hydrogen) atoms. The first-order valence-corrected chi connectivity index (χ1v) is 8.47. The lowest BCUT2D eigenvalue weighted by Crippen LogP contribution is -2.34. The van der Waals surface area contributed by atoms with Gasteiger partial charge in [0, 0.05) is 20.5 Å². The summed E-state index contributed by atoms with van der Waals surface area (Å²) in [5.74, 6) is -4.40. The second kappa shape index (κ2) is 6.60. The first-order chi connectivity index (χ1) is 16.4. The van der Waals surface area contributed by atoms with Gasteiger partial charge in [0.15, 0.2) is 5.54 Å². The van der Waals surface area contributed by atoms with Gasteiger partial charge in [-0.05, 0) is 42.9 Å². The summed E-state index contributed by atoms with van der Waals surface area (Å²) in [7, 11) is 0. The zero-order valence-corrected chi connectivity index (χ0v) is 13.7. The molecular weight excluding hydrogens is 334 g/mol. The van der Waals surface area contributed by atoms with Crippen molar-refractivity contribution in [1.82, 2.24) is 20.3 Å². The van der Waals surface area contributed by atoms with Crippen molar-refractivity contribution in [1.29, 1.82) is 5.26 Å². The lowest BCUT2D eigenvalue weighted by Gasteiger charge is -2.29. The van der Waals surface area contributed by atoms with Gasteiger partial charge < -0.3 is 5.32 Å². The average Bonchev–Trinajstić information content (AvgIpc) is 3.17. The first kappa shape index (κ1) is 8.00. The third-order valence-electron chi connectivity index (χ3n) is 4.04. The molecule has 1 atom stereocenters. The lowest BCUT2D eigenvalue weighted by atomic mass is 9.82. The zero-order valence-electron chi connectivity index (χ0n) is 23.9. The molecule has 0 spiro atoms. The Kier molecular flexibility index (Phi) is 2.11. The minimum atomic E-state index is -3.73. The highest BCUT2D eigenvalue weighted by Gasteiger charge is 2.47. The molecule has 2 heterocycles. The van der Waals surface area contributed by atoms with Crippen molar-refractivity contribution >= 4 is 17.2 Å². The molecule has 0 bridgehead atoms. The van der Waals surface area contributed by atoms with Crippen molar-refractivity contribution < 1.29 is 19.9 Å². The van der Waals surface area contributed by atoms with Crippen molar-refractivity contribution in [2.75, 3.05) is 0 Å². The van der Waals surface area contributed by atoms with Crippen LogP contribution in [0.1, 0.15) is 81.9 Å². The Labute approximate surface area is 166 Å². The fourth-order valence-corrected chi connectivity index (χ4v) is 3.07. The molecule has 2 aromatic rings. The van der Waals surface area contributed by atoms with E-state index in [4.69, 9.17) is 15.1 Å². The van der Waals surface area contributed by atoms with E-state index in [1.807, 2.05) is 0 Å². The summed E-state index contributed by atoms with van der Waals surface area (Å²) in [6.07, 6.45) is -16.7. The van der Waals surface area contributed by atoms with E-state index in [2.05, 4.69) is 21.7 Å². The molecule has 1 N–H and O–H groups in total. The number of thiophene rings is 1. The van der Waals surface area contributed by atoms with E-state index in [1.165, 1.54) is 11.4 Å². The van der Waals surface area contributed by atoms with Crippen LogP contribution in [0.25, 0.3) is 0 Å². The van der Waals surface area contributed by atoms with Gasteiger partial charge in [-0.15, -0.1) is 5.10 Å². The Morgan fingerprint density at radius 3 is 2.96 bits per heavy atom. The van der Waals surface area contributed by atoms with Crippen LogP contribution in [0.15, 0.2) is 23.0 Å². The van der Waals surface area contributed by atoms with Crippen LogP contribution < -0.4 is 5.32 Å². The maximum atomic E-state index is 13.0. The number of amides is 1. The van der Waals surface area contributed by atoms with Gasteiger partial charge in [-0.2, -0.15) is 16.6 Å². The van der Waals surface area contributed by atoms with Crippen LogP contribution in [0, 0.1) is 17.2 Å². The van der Waals surface area contributed by atoms with Gasteiger partial charge in [-0.1, -0.05) is 24.3 Å². The predicted molar refractivity (Wildman–Crippen MR) is 93.9 cm³/mol. The van der Waals surface area contributed by atoms with Gasteiger partial charge in [0.25, 0.3) is 5.91 Å². The second-order valence-corrected chi connectivity index (χ2v) is 6.47. The predicted octanol–water partition coefficient (Wildman–Crippen LogP) is 3.40. The van der Waals surface area contributed by atoms with E-state index in [1.54, 1.807) is 5.38 Å². The molecule has 0 radical (unpaired) electrons. The highest BCUT2D eigenvalue weighted by atomic mass is 32.1. The number of carbonyl (C=O) groups excluding carboxylic acids is 1. The molecule has 0 saturated heterocycles. The first-order valence-electron chi connectivity index (χ1n) is 13.0. The van der Waals surface area contributed by atoms with Crippen LogP contribution >= 0.6 is 11.3 Å². The van der Waals surface area contributed by atoms with E-state index in [-0.39, 0.29) is 5.56 Å². The molecule has 130 valence electrons. The van der Waals surface area contributed by atoms with E-state index in [0.29, 0.717) is 12.8 Å². The van der Waals surface area contributed by atoms with Crippen LogP contribution in [0.2, 0.25) is 0 Å². The topological polar surface area (TPSA) is 83.6 Å². The van der Waals surface area contributed by atoms with Gasteiger partial charge in [0.1, 0.15) is 5.69 Å². The number of hydrogen-bond acceptors (Lipinski definition) is 5. The molecule has 2 aliphatic rings. The molecule has 7 heteroatoms. The number of hydrogen-bond donors (Lipinski definition) is 1. The van der Waals surface area contributed by atoms with E-state index in [9.17, 15) is 10.1 Å². The fraction of sp³-hybridized carbons (Fsp3) is 0.556. The van der Waals surface area contributed by atoms with Crippen LogP contribution in [-0.4, -0.2) is 20.9 Å². The summed E-state index contributed by atoms with van der Waals surface area (Å²) >= 11 is 1.15. The fourth-order valence-electron chi connectivity index (χ4n) is 2.43. The Bertz CT molecular complexity index is 1200. The quantitative estimate of drug-likeness (QED) is 0.879. The molecule has 0 unspecified atom stereocenters. The zero-order chi connectivity index (χ0) is 27.2. The molecule has 1 amide bonds. The number of aromatic nitrogens is 3. The van der Waals surface area contributed by atoms with Crippen molar-refractivity contribution in [3.05, 3.63) is 34.3 Å². The summed E-state index contributed by atoms with van der Waals surface area (Å²) in [5.41, 5.74) is -1.40. The monoisotopic (exact) mass is 366 g/mol. The number of nitrogens with zero attached hydrogens (tertiary/aromatic N) is 4. The Hall–Kier alpha value is -2.20. The SMILES string of the molecule is [2H]C1([2H])C([2H])([2H])C([2H])([2H])C([2H])([C@H](NC(=O)c2ccsc2)c2cn(C3(C#N)CC3)nn2)C([2H])([2H])C1([2H])[2H]. The number of rotatable bonds is 5. The summed E-state index contributed by atoms with van der Waals surface area (Å²) in [6.45, 7) is 0. The standard InChI is InChI=1S/C18H21N5OS/c19-12-18(7-8-18)23-10-15(21-22-23)16(13-4-2-1-3-5-13)20-17(24)14-6-9-25-11-14/h6,9-11,13,16H,1-5,7-8H2,(H,20,24)/t16-/m0/s1/i1D2,2D2,3D2,4D2,5D2,13D. The molecule has 6 nitrogen and oxygen atoms in total. The summed E-state index contributed by atoms with van der Waals surface area (Å²) in [5, 5.41) is 22.5. The highest BCUT2D eigenvalue weighted by Crippen LogP contribution is 2.42. The molecule has 2 saturated carbocycles. The molecule has 2 fully saturated rings. The van der Waals surface area contributed by atoms with Crippen molar-refractivity contribution in [2.24, 2.45) is 5.89 Å². The van der Waals surface area contributed by atoms with Gasteiger partial charge in [0.05, 0.1) is 23.9 Å². The molecule has 2 aliphatic carbocycles. The van der Waals surface area contributed by atoms with E-state index in [0.717, 1.165) is 22.2 Å². The maximum Gasteiger partial charge on any atom is 0.252 e. The molecule has 2 aromatic heterocycles. The molecule has 0 aromatic carbocycles. The van der Waals surface area contributed by atoms with Crippen molar-refractivity contribution in [2.45, 2.75) is 56.3 Å². The van der Waals surface area contributed by atoms with Crippen LogP contribution in [0.4, 0.5) is 0 Å². The number of nitrogens with one attached hydrogen (secondary N) is 1. The number of carbonyl (C=O) groups is 1. The normalized spacial score (nSPS) is 38.4. The summed E-state index contributed by atoms with van der Waals surface area (Å²) in [4.78, 5) is 13.0. The Morgan fingerprint density at radius 2 is 2.32 bits per heavy atom. The average molecular weight is 367 g/mol. The summed E-state index contributed by atoms with van der Waals surface area (Å²) in [6, 6.07) is 1.32. The van der Waals surface area contributed by atoms with E-state index >= 15 is 0 Å². The minimum absolute atomic E-state index is 0.0648. The minimum Gasteiger partial charge on any atom is -0.343 e. The second-order valence-electron chi connectivity index (χ2n) is 5.69. The molecular formula is C18H21N5OS. The maximum absolute atomic E-state index is 13.0. The molecule has 4 rings (SSSR count). The van der Waals surface area contributed by atoms with Gasteiger partial charge in [-0.3, -0.25) is 4.79 Å².